The molecule has 4 aromatic rings. The lowest BCUT2D eigenvalue weighted by Gasteiger charge is -2.14. The van der Waals surface area contributed by atoms with E-state index in [1.165, 1.54) is 24.0 Å². The van der Waals surface area contributed by atoms with Gasteiger partial charge in [-0.15, -0.1) is 0 Å². The molecule has 0 unspecified atom stereocenters. The third-order valence-electron chi connectivity index (χ3n) is 5.55. The quantitative estimate of drug-likeness (QED) is 0.463. The summed E-state index contributed by atoms with van der Waals surface area (Å²) in [6, 6.07) is 13.5. The molecule has 2 heterocycles. The molecule has 1 N–H and O–H groups in total. The number of thiazole rings is 1. The van der Waals surface area contributed by atoms with Crippen LogP contribution in [0.25, 0.3) is 15.3 Å². The molecule has 2 aromatic heterocycles. The van der Waals surface area contributed by atoms with E-state index in [1.54, 1.807) is 35.3 Å². The van der Waals surface area contributed by atoms with Crippen molar-refractivity contribution < 1.29 is 14.3 Å². The number of aryl methyl sites for hydroxylation is 3. The summed E-state index contributed by atoms with van der Waals surface area (Å²) in [6.45, 7) is 1.75. The SMILES string of the molecule is COc1ccccc1OCC(=O)Nc1cc(C)nn1-c1nc2cc3c(cc2s1)CCCC3. The van der Waals surface area contributed by atoms with Crippen molar-refractivity contribution in [3.63, 3.8) is 0 Å². The first-order valence-corrected chi connectivity index (χ1v) is 11.5. The van der Waals surface area contributed by atoms with Crippen LogP contribution in [0.4, 0.5) is 5.82 Å². The number of benzene rings is 2. The van der Waals surface area contributed by atoms with Crippen molar-refractivity contribution in [3.05, 3.63) is 59.3 Å². The van der Waals surface area contributed by atoms with Crippen LogP contribution in [0.5, 0.6) is 11.5 Å². The molecular weight excluding hydrogens is 424 g/mol. The second-order valence-corrected chi connectivity index (χ2v) is 8.87. The van der Waals surface area contributed by atoms with Gasteiger partial charge in [0.1, 0.15) is 5.82 Å². The molecule has 0 radical (unpaired) electrons. The summed E-state index contributed by atoms with van der Waals surface area (Å²) in [5, 5.41) is 8.19. The largest absolute Gasteiger partial charge is 0.493 e. The first kappa shape index (κ1) is 20.5. The molecule has 164 valence electrons. The van der Waals surface area contributed by atoms with Gasteiger partial charge in [0.05, 0.1) is 23.0 Å². The van der Waals surface area contributed by atoms with Gasteiger partial charge in [-0.05, 0) is 68.0 Å². The third kappa shape index (κ3) is 4.05. The maximum atomic E-state index is 12.6. The van der Waals surface area contributed by atoms with Gasteiger partial charge in [0.15, 0.2) is 18.1 Å². The highest BCUT2D eigenvalue weighted by Crippen LogP contribution is 2.32. The van der Waals surface area contributed by atoms with Crippen molar-refractivity contribution in [1.29, 1.82) is 0 Å². The molecule has 0 fully saturated rings. The number of hydrogen-bond acceptors (Lipinski definition) is 6. The van der Waals surface area contributed by atoms with E-state index < -0.39 is 0 Å². The minimum Gasteiger partial charge on any atom is -0.493 e. The first-order valence-electron chi connectivity index (χ1n) is 10.7. The number of anilines is 1. The summed E-state index contributed by atoms with van der Waals surface area (Å²) in [6.07, 6.45) is 4.73. The number of carbonyl (C=O) groups excluding carboxylic acids is 1. The van der Waals surface area contributed by atoms with E-state index in [9.17, 15) is 4.79 Å². The molecule has 7 nitrogen and oxygen atoms in total. The number of para-hydroxylation sites is 2. The van der Waals surface area contributed by atoms with E-state index >= 15 is 0 Å². The summed E-state index contributed by atoms with van der Waals surface area (Å²) >= 11 is 1.58. The van der Waals surface area contributed by atoms with Crippen LogP contribution in [0.2, 0.25) is 0 Å². The minimum atomic E-state index is -0.284. The summed E-state index contributed by atoms with van der Waals surface area (Å²) in [4.78, 5) is 17.4. The van der Waals surface area contributed by atoms with Gasteiger partial charge in [-0.25, -0.2) is 4.98 Å². The van der Waals surface area contributed by atoms with E-state index in [4.69, 9.17) is 14.5 Å². The minimum absolute atomic E-state index is 0.142. The zero-order chi connectivity index (χ0) is 22.1. The fourth-order valence-corrected chi connectivity index (χ4v) is 5.01. The van der Waals surface area contributed by atoms with Gasteiger partial charge in [-0.1, -0.05) is 23.5 Å². The highest BCUT2D eigenvalue weighted by atomic mass is 32.1. The number of aromatic nitrogens is 3. The number of fused-ring (bicyclic) bond motifs is 2. The van der Waals surface area contributed by atoms with Crippen LogP contribution in [0, 0.1) is 6.92 Å². The Morgan fingerprint density at radius 3 is 2.66 bits per heavy atom. The Balaban J connectivity index is 1.36. The van der Waals surface area contributed by atoms with E-state index in [2.05, 4.69) is 22.5 Å². The summed E-state index contributed by atoms with van der Waals surface area (Å²) in [5.74, 6) is 1.39. The smallest absolute Gasteiger partial charge is 0.263 e. The molecule has 0 spiro atoms. The monoisotopic (exact) mass is 448 g/mol. The van der Waals surface area contributed by atoms with Gasteiger partial charge >= 0.3 is 0 Å². The van der Waals surface area contributed by atoms with Crippen molar-refractivity contribution in [1.82, 2.24) is 14.8 Å². The topological polar surface area (TPSA) is 78.3 Å². The number of methoxy groups -OCH3 is 1. The van der Waals surface area contributed by atoms with Crippen LogP contribution >= 0.6 is 11.3 Å². The molecule has 0 saturated carbocycles. The zero-order valence-electron chi connectivity index (χ0n) is 18.1. The van der Waals surface area contributed by atoms with Crippen molar-refractivity contribution in [3.8, 4) is 16.6 Å². The zero-order valence-corrected chi connectivity index (χ0v) is 18.9. The van der Waals surface area contributed by atoms with Gasteiger partial charge in [-0.2, -0.15) is 9.78 Å². The first-order chi connectivity index (χ1) is 15.6. The van der Waals surface area contributed by atoms with Gasteiger partial charge in [-0.3, -0.25) is 4.79 Å². The van der Waals surface area contributed by atoms with Crippen LogP contribution in [0.3, 0.4) is 0 Å². The van der Waals surface area contributed by atoms with E-state index in [1.807, 2.05) is 25.1 Å². The average molecular weight is 449 g/mol. The standard InChI is InChI=1S/C24H24N4O3S/c1-15-11-22(26-23(29)14-31-20-10-6-5-9-19(20)30-2)28(27-15)24-25-18-12-16-7-3-4-8-17(16)13-21(18)32-24/h5-6,9-13H,3-4,7-8,14H2,1-2H3,(H,26,29). The molecule has 0 atom stereocenters. The second kappa shape index (κ2) is 8.63. The van der Waals surface area contributed by atoms with Gasteiger partial charge in [0.25, 0.3) is 5.91 Å². The molecule has 8 heteroatoms. The number of hydrogen-bond donors (Lipinski definition) is 1. The number of nitrogens with zero attached hydrogens (tertiary/aromatic N) is 3. The Labute approximate surface area is 190 Å². The molecule has 0 aliphatic heterocycles. The van der Waals surface area contributed by atoms with E-state index in [-0.39, 0.29) is 12.5 Å². The summed E-state index contributed by atoms with van der Waals surface area (Å²) in [5.41, 5.74) is 4.61. The number of carbonyl (C=O) groups is 1. The van der Waals surface area contributed by atoms with Crippen molar-refractivity contribution in [2.75, 3.05) is 19.0 Å². The van der Waals surface area contributed by atoms with Crippen LogP contribution in [-0.2, 0) is 17.6 Å². The lowest BCUT2D eigenvalue weighted by atomic mass is 9.92. The molecule has 5 rings (SSSR count). The molecular formula is C24H24N4O3S. The van der Waals surface area contributed by atoms with E-state index in [0.29, 0.717) is 17.3 Å². The fourth-order valence-electron chi connectivity index (χ4n) is 4.03. The Hall–Kier alpha value is -3.39. The van der Waals surface area contributed by atoms with Gasteiger partial charge in [0, 0.05) is 6.07 Å². The molecule has 0 saturated heterocycles. The van der Waals surface area contributed by atoms with Crippen molar-refractivity contribution in [2.45, 2.75) is 32.6 Å². The Bertz CT molecular complexity index is 1250. The van der Waals surface area contributed by atoms with Crippen LogP contribution in [-0.4, -0.2) is 34.4 Å². The van der Waals surface area contributed by atoms with Crippen LogP contribution in [0.1, 0.15) is 29.7 Å². The van der Waals surface area contributed by atoms with Crippen LogP contribution < -0.4 is 14.8 Å². The molecule has 2 aromatic carbocycles. The summed E-state index contributed by atoms with van der Waals surface area (Å²) in [7, 11) is 1.57. The number of nitrogens with one attached hydrogen (secondary N) is 1. The number of rotatable bonds is 6. The highest BCUT2D eigenvalue weighted by molar-refractivity contribution is 7.20. The molecule has 1 aliphatic rings. The Morgan fingerprint density at radius 1 is 1.12 bits per heavy atom. The Morgan fingerprint density at radius 2 is 1.88 bits per heavy atom. The molecule has 0 bridgehead atoms. The maximum Gasteiger partial charge on any atom is 0.263 e. The van der Waals surface area contributed by atoms with Gasteiger partial charge < -0.3 is 14.8 Å². The highest BCUT2D eigenvalue weighted by Gasteiger charge is 2.17. The number of ether oxygens (including phenoxy) is 2. The molecule has 1 amide bonds. The van der Waals surface area contributed by atoms with E-state index in [0.717, 1.165) is 33.9 Å². The predicted octanol–water partition coefficient (Wildman–Crippen LogP) is 4.70. The van der Waals surface area contributed by atoms with Crippen LogP contribution in [0.15, 0.2) is 42.5 Å². The third-order valence-corrected chi connectivity index (χ3v) is 6.54. The maximum absolute atomic E-state index is 12.6. The van der Waals surface area contributed by atoms with Gasteiger partial charge in [0.2, 0.25) is 5.13 Å². The predicted molar refractivity (Wildman–Crippen MR) is 125 cm³/mol. The summed E-state index contributed by atoms with van der Waals surface area (Å²) < 4.78 is 13.7. The lowest BCUT2D eigenvalue weighted by molar-refractivity contribution is -0.118. The van der Waals surface area contributed by atoms with Crippen molar-refractivity contribution in [2.24, 2.45) is 0 Å². The fraction of sp³-hybridized carbons (Fsp3) is 0.292. The molecule has 1 aliphatic carbocycles. The lowest BCUT2D eigenvalue weighted by Crippen LogP contribution is -2.22. The average Bonchev–Trinajstić information content (AvgIpc) is 3.38. The number of amides is 1. The Kier molecular flexibility index (Phi) is 5.53. The van der Waals surface area contributed by atoms with Crippen molar-refractivity contribution >= 4 is 33.3 Å². The molecule has 32 heavy (non-hydrogen) atoms. The second-order valence-electron chi connectivity index (χ2n) is 7.86. The normalized spacial score (nSPS) is 13.1.